The van der Waals surface area contributed by atoms with Crippen molar-refractivity contribution in [2.75, 3.05) is 19.8 Å². The van der Waals surface area contributed by atoms with Crippen LogP contribution in [0.3, 0.4) is 0 Å². The van der Waals surface area contributed by atoms with Gasteiger partial charge in [0.15, 0.2) is 6.29 Å². The van der Waals surface area contributed by atoms with Crippen LogP contribution in [0, 0.1) is 11.8 Å². The molecule has 0 aromatic heterocycles. The average Bonchev–Trinajstić information content (AvgIpc) is 2.04. The van der Waals surface area contributed by atoms with Crippen molar-refractivity contribution in [1.82, 2.24) is 0 Å². The van der Waals surface area contributed by atoms with E-state index in [2.05, 4.69) is 0 Å². The Kier molecular flexibility index (Phi) is 2.11. The van der Waals surface area contributed by atoms with Crippen molar-refractivity contribution in [2.45, 2.75) is 19.1 Å². The number of ether oxygens (including phenoxy) is 2. The van der Waals surface area contributed by atoms with Gasteiger partial charge in [-0.05, 0) is 12.3 Å². The van der Waals surface area contributed by atoms with Gasteiger partial charge in [-0.25, -0.2) is 0 Å². The van der Waals surface area contributed by atoms with Gasteiger partial charge in [0.2, 0.25) is 0 Å². The number of rotatable bonds is 0. The van der Waals surface area contributed by atoms with E-state index >= 15 is 0 Å². The zero-order valence-electron chi connectivity index (χ0n) is 6.53. The van der Waals surface area contributed by atoms with E-state index in [0.717, 1.165) is 26.1 Å². The van der Waals surface area contributed by atoms with Crippen LogP contribution < -0.4 is 0 Å². The Balaban J connectivity index is 1.93. The molecule has 2 aliphatic heterocycles. The van der Waals surface area contributed by atoms with Crippen molar-refractivity contribution >= 4 is 0 Å². The van der Waals surface area contributed by atoms with Gasteiger partial charge in [0, 0.05) is 18.9 Å². The van der Waals surface area contributed by atoms with Crippen LogP contribution in [0.15, 0.2) is 0 Å². The Labute approximate surface area is 66.3 Å². The van der Waals surface area contributed by atoms with E-state index < -0.39 is 6.29 Å². The molecule has 3 atom stereocenters. The van der Waals surface area contributed by atoms with E-state index in [1.165, 1.54) is 0 Å². The second kappa shape index (κ2) is 3.09. The fraction of sp³-hybridized carbons (Fsp3) is 1.00. The maximum atomic E-state index is 9.19. The average molecular weight is 158 g/mol. The van der Waals surface area contributed by atoms with Gasteiger partial charge in [0.1, 0.15) is 0 Å². The van der Waals surface area contributed by atoms with Gasteiger partial charge in [0.25, 0.3) is 0 Å². The van der Waals surface area contributed by atoms with Crippen molar-refractivity contribution in [3.8, 4) is 0 Å². The summed E-state index contributed by atoms with van der Waals surface area (Å²) in [5, 5.41) is 9.19. The quantitative estimate of drug-likeness (QED) is 0.554. The van der Waals surface area contributed by atoms with Crippen LogP contribution in [0.4, 0.5) is 0 Å². The number of hydrogen-bond acceptors (Lipinski definition) is 3. The molecule has 0 aromatic carbocycles. The zero-order valence-corrected chi connectivity index (χ0v) is 6.53. The number of fused-ring (bicyclic) bond motifs is 1. The van der Waals surface area contributed by atoms with Gasteiger partial charge in [-0.1, -0.05) is 0 Å². The van der Waals surface area contributed by atoms with Crippen LogP contribution in [0.25, 0.3) is 0 Å². The summed E-state index contributed by atoms with van der Waals surface area (Å²) in [5.74, 6) is 1.17. The van der Waals surface area contributed by atoms with Gasteiger partial charge in [-0.15, -0.1) is 0 Å². The van der Waals surface area contributed by atoms with E-state index in [1.54, 1.807) is 0 Å². The molecule has 0 amide bonds. The van der Waals surface area contributed by atoms with Crippen molar-refractivity contribution in [3.05, 3.63) is 0 Å². The predicted molar refractivity (Wildman–Crippen MR) is 39.0 cm³/mol. The summed E-state index contributed by atoms with van der Waals surface area (Å²) in [4.78, 5) is 0. The van der Waals surface area contributed by atoms with Gasteiger partial charge >= 0.3 is 0 Å². The highest BCUT2D eigenvalue weighted by Gasteiger charge is 2.32. The Morgan fingerprint density at radius 3 is 3.00 bits per heavy atom. The third kappa shape index (κ3) is 1.55. The standard InChI is InChI=1S/C8H14O3/c9-8-3-6-1-2-10-4-7(6)5-11-8/h6-9H,1-5H2. The largest absolute Gasteiger partial charge is 0.381 e. The molecule has 64 valence electrons. The van der Waals surface area contributed by atoms with Crippen LogP contribution in [-0.2, 0) is 9.47 Å². The maximum Gasteiger partial charge on any atom is 0.154 e. The van der Waals surface area contributed by atoms with E-state index in [-0.39, 0.29) is 0 Å². The first-order valence-corrected chi connectivity index (χ1v) is 4.23. The molecule has 2 heterocycles. The lowest BCUT2D eigenvalue weighted by molar-refractivity contribution is -0.180. The van der Waals surface area contributed by atoms with Crippen molar-refractivity contribution in [3.63, 3.8) is 0 Å². The summed E-state index contributed by atoms with van der Waals surface area (Å²) < 4.78 is 10.4. The molecule has 0 radical (unpaired) electrons. The molecule has 3 nitrogen and oxygen atoms in total. The number of hydrogen-bond donors (Lipinski definition) is 1. The summed E-state index contributed by atoms with van der Waals surface area (Å²) in [6.45, 7) is 2.34. The SMILES string of the molecule is OC1CC2CCOCC2CO1. The second-order valence-corrected chi connectivity index (χ2v) is 3.41. The highest BCUT2D eigenvalue weighted by molar-refractivity contribution is 4.77. The van der Waals surface area contributed by atoms with E-state index in [1.807, 2.05) is 0 Å². The minimum atomic E-state index is -0.519. The molecule has 2 aliphatic rings. The predicted octanol–water partition coefficient (Wildman–Crippen LogP) is 0.378. The van der Waals surface area contributed by atoms with Gasteiger partial charge in [0.05, 0.1) is 13.2 Å². The van der Waals surface area contributed by atoms with Crippen LogP contribution >= 0.6 is 0 Å². The molecule has 0 aromatic rings. The molecule has 2 fully saturated rings. The Morgan fingerprint density at radius 1 is 1.18 bits per heavy atom. The molecule has 3 heteroatoms. The lowest BCUT2D eigenvalue weighted by Crippen LogP contribution is -2.39. The van der Waals surface area contributed by atoms with Gasteiger partial charge in [-0.2, -0.15) is 0 Å². The molecular formula is C8H14O3. The minimum Gasteiger partial charge on any atom is -0.381 e. The molecule has 0 spiro atoms. The number of aliphatic hydroxyl groups excluding tert-OH is 1. The molecule has 0 aliphatic carbocycles. The maximum absolute atomic E-state index is 9.19. The molecule has 3 unspecified atom stereocenters. The molecule has 1 N–H and O–H groups in total. The minimum absolute atomic E-state index is 0.519. The molecule has 2 rings (SSSR count). The highest BCUT2D eigenvalue weighted by Crippen LogP contribution is 2.30. The monoisotopic (exact) mass is 158 g/mol. The second-order valence-electron chi connectivity index (χ2n) is 3.41. The fourth-order valence-corrected chi connectivity index (χ4v) is 1.90. The Morgan fingerprint density at radius 2 is 2.09 bits per heavy atom. The van der Waals surface area contributed by atoms with Crippen LogP contribution in [0.2, 0.25) is 0 Å². The topological polar surface area (TPSA) is 38.7 Å². The van der Waals surface area contributed by atoms with Gasteiger partial charge < -0.3 is 14.6 Å². The molecule has 11 heavy (non-hydrogen) atoms. The lowest BCUT2D eigenvalue weighted by Gasteiger charge is -2.37. The fourth-order valence-electron chi connectivity index (χ4n) is 1.90. The smallest absolute Gasteiger partial charge is 0.154 e. The highest BCUT2D eigenvalue weighted by atomic mass is 16.6. The Hall–Kier alpha value is -0.120. The van der Waals surface area contributed by atoms with Crippen LogP contribution in [0.1, 0.15) is 12.8 Å². The lowest BCUT2D eigenvalue weighted by atomic mass is 9.84. The first kappa shape index (κ1) is 7.53. The van der Waals surface area contributed by atoms with E-state index in [9.17, 15) is 5.11 Å². The summed E-state index contributed by atoms with van der Waals surface area (Å²) in [7, 11) is 0. The van der Waals surface area contributed by atoms with E-state index in [4.69, 9.17) is 9.47 Å². The molecule has 0 bridgehead atoms. The zero-order chi connectivity index (χ0) is 7.68. The Bertz CT molecular complexity index is 137. The molecular weight excluding hydrogens is 144 g/mol. The normalized spacial score (nSPS) is 45.0. The third-order valence-corrected chi connectivity index (χ3v) is 2.64. The number of aliphatic hydroxyl groups is 1. The summed E-state index contributed by atoms with van der Waals surface area (Å²) in [5.41, 5.74) is 0. The van der Waals surface area contributed by atoms with Crippen LogP contribution in [-0.4, -0.2) is 31.2 Å². The van der Waals surface area contributed by atoms with Crippen molar-refractivity contribution < 1.29 is 14.6 Å². The molecule has 0 saturated carbocycles. The van der Waals surface area contributed by atoms with Crippen molar-refractivity contribution in [1.29, 1.82) is 0 Å². The first-order valence-electron chi connectivity index (χ1n) is 4.23. The van der Waals surface area contributed by atoms with Crippen LogP contribution in [0.5, 0.6) is 0 Å². The van der Waals surface area contributed by atoms with Gasteiger partial charge in [-0.3, -0.25) is 0 Å². The molecule has 2 saturated heterocycles. The third-order valence-electron chi connectivity index (χ3n) is 2.64. The van der Waals surface area contributed by atoms with Crippen molar-refractivity contribution in [2.24, 2.45) is 11.8 Å². The summed E-state index contributed by atoms with van der Waals surface area (Å²) in [6, 6.07) is 0. The summed E-state index contributed by atoms with van der Waals surface area (Å²) >= 11 is 0. The summed E-state index contributed by atoms with van der Waals surface area (Å²) in [6.07, 6.45) is 1.37. The first-order chi connectivity index (χ1) is 5.36. The van der Waals surface area contributed by atoms with E-state index in [0.29, 0.717) is 18.4 Å².